The van der Waals surface area contributed by atoms with E-state index >= 15 is 8.78 Å². The van der Waals surface area contributed by atoms with Gasteiger partial charge in [-0.3, -0.25) is 9.69 Å². The molecular formula is C29H37F3N4O4. The van der Waals surface area contributed by atoms with Crippen LogP contribution in [0.15, 0.2) is 24.4 Å². The number of nitrogens with zero attached hydrogens (tertiary/aromatic N) is 3. The minimum Gasteiger partial charge on any atom is -0.480 e. The molecule has 2 aromatic heterocycles. The number of aliphatic carboxylic acids is 1. The number of nitrogens with one attached hydrogen (secondary N) is 1. The van der Waals surface area contributed by atoms with Gasteiger partial charge in [0, 0.05) is 56.6 Å². The first-order chi connectivity index (χ1) is 19.2. The molecule has 11 heteroatoms. The van der Waals surface area contributed by atoms with Crippen molar-refractivity contribution in [3.8, 4) is 5.88 Å². The number of carboxylic acid groups (broad SMARTS) is 1. The maximum atomic E-state index is 15.3. The van der Waals surface area contributed by atoms with Crippen LogP contribution >= 0.6 is 0 Å². The number of aromatic nitrogens is 2. The van der Waals surface area contributed by atoms with E-state index in [1.807, 2.05) is 6.07 Å². The van der Waals surface area contributed by atoms with Crippen molar-refractivity contribution in [2.45, 2.75) is 82.0 Å². The fraction of sp³-hybridized carbons (Fsp3) is 0.621. The van der Waals surface area contributed by atoms with Crippen LogP contribution in [-0.4, -0.2) is 70.8 Å². The highest BCUT2D eigenvalue weighted by atomic mass is 19.3. The normalized spacial score (nSPS) is 23.6. The third-order valence-corrected chi connectivity index (χ3v) is 8.36. The number of aryl methyl sites for hydroxylation is 2. The molecule has 2 aromatic rings. The molecule has 2 N–H and O–H groups in total. The number of anilines is 1. The molecule has 4 heterocycles. The van der Waals surface area contributed by atoms with Crippen LogP contribution in [-0.2, 0) is 22.4 Å². The molecular weight excluding hydrogens is 525 g/mol. The number of ether oxygens (including phenoxy) is 2. The summed E-state index contributed by atoms with van der Waals surface area (Å²) in [4.78, 5) is 22.5. The van der Waals surface area contributed by atoms with Gasteiger partial charge in [-0.2, -0.15) is 0 Å². The average Bonchev–Trinajstić information content (AvgIpc) is 3.40. The van der Waals surface area contributed by atoms with Gasteiger partial charge in [-0.05, 0) is 62.8 Å². The number of fused-ring (bicyclic) bond motifs is 1. The molecule has 0 spiro atoms. The third kappa shape index (κ3) is 6.52. The van der Waals surface area contributed by atoms with E-state index in [4.69, 9.17) is 9.47 Å². The number of hydrogen-bond acceptors (Lipinski definition) is 7. The van der Waals surface area contributed by atoms with Crippen LogP contribution in [0.3, 0.4) is 0 Å². The molecule has 1 aliphatic carbocycles. The Hall–Kier alpha value is -2.92. The highest BCUT2D eigenvalue weighted by Gasteiger charge is 2.46. The fourth-order valence-corrected chi connectivity index (χ4v) is 5.93. The van der Waals surface area contributed by atoms with Crippen LogP contribution in [0.1, 0.15) is 67.8 Å². The van der Waals surface area contributed by atoms with E-state index in [-0.39, 0.29) is 49.6 Å². The number of rotatable bonds is 12. The number of alkyl halides is 2. The van der Waals surface area contributed by atoms with Gasteiger partial charge in [0.05, 0.1) is 12.3 Å². The fourth-order valence-electron chi connectivity index (χ4n) is 5.93. The van der Waals surface area contributed by atoms with Crippen LogP contribution in [0.25, 0.3) is 0 Å². The van der Waals surface area contributed by atoms with Crippen LogP contribution in [0.4, 0.5) is 19.0 Å². The largest absolute Gasteiger partial charge is 0.480 e. The molecule has 2 atom stereocenters. The number of halogens is 3. The van der Waals surface area contributed by atoms with Gasteiger partial charge in [0.25, 0.3) is 5.92 Å². The average molecular weight is 563 g/mol. The van der Waals surface area contributed by atoms with Crippen molar-refractivity contribution in [2.75, 3.05) is 32.1 Å². The van der Waals surface area contributed by atoms with Crippen molar-refractivity contribution < 1.29 is 32.5 Å². The van der Waals surface area contributed by atoms with Gasteiger partial charge < -0.3 is 19.9 Å². The summed E-state index contributed by atoms with van der Waals surface area (Å²) in [6.07, 6.45) is 5.57. The maximum absolute atomic E-state index is 15.3. The summed E-state index contributed by atoms with van der Waals surface area (Å²) < 4.78 is 55.8. The number of hydrogen-bond donors (Lipinski definition) is 2. The Morgan fingerprint density at radius 3 is 2.88 bits per heavy atom. The molecule has 1 saturated heterocycles. The van der Waals surface area contributed by atoms with Gasteiger partial charge in [-0.25, -0.2) is 23.1 Å². The van der Waals surface area contributed by atoms with E-state index in [2.05, 4.69) is 21.4 Å². The number of unbranched alkanes of at least 4 members (excludes halogenated alkanes) is 1. The molecule has 0 amide bonds. The zero-order chi connectivity index (χ0) is 28.3. The Balaban J connectivity index is 1.18. The Morgan fingerprint density at radius 2 is 2.10 bits per heavy atom. The zero-order valence-electron chi connectivity index (χ0n) is 22.8. The Labute approximate surface area is 232 Å². The smallest absolute Gasteiger partial charge is 0.325 e. The number of likely N-dealkylation sites (tertiary alicyclic amines) is 1. The summed E-state index contributed by atoms with van der Waals surface area (Å²) in [5, 5.41) is 13.4. The van der Waals surface area contributed by atoms with E-state index in [9.17, 15) is 14.3 Å². The molecule has 5 rings (SSSR count). The van der Waals surface area contributed by atoms with Crippen LogP contribution in [0, 0.1) is 11.7 Å². The van der Waals surface area contributed by atoms with Gasteiger partial charge >= 0.3 is 5.97 Å². The lowest BCUT2D eigenvalue weighted by Gasteiger charge is -2.35. The van der Waals surface area contributed by atoms with Crippen molar-refractivity contribution >= 4 is 11.8 Å². The van der Waals surface area contributed by atoms with Crippen LogP contribution in [0.5, 0.6) is 5.88 Å². The molecule has 2 aliphatic heterocycles. The lowest BCUT2D eigenvalue weighted by atomic mass is 9.92. The second-order valence-electron chi connectivity index (χ2n) is 11.1. The summed E-state index contributed by atoms with van der Waals surface area (Å²) in [7, 11) is 1.60. The molecule has 218 valence electrons. The lowest BCUT2D eigenvalue weighted by Crippen LogP contribution is -2.40. The minimum absolute atomic E-state index is 0.0227. The summed E-state index contributed by atoms with van der Waals surface area (Å²) in [6, 6.07) is 3.80. The van der Waals surface area contributed by atoms with Gasteiger partial charge in [-0.15, -0.1) is 0 Å². The van der Waals surface area contributed by atoms with Gasteiger partial charge in [0.2, 0.25) is 5.88 Å². The lowest BCUT2D eigenvalue weighted by molar-refractivity contribution is -0.143. The molecule has 1 unspecified atom stereocenters. The van der Waals surface area contributed by atoms with Gasteiger partial charge in [0.1, 0.15) is 23.8 Å². The van der Waals surface area contributed by atoms with E-state index in [0.717, 1.165) is 43.2 Å². The number of methoxy groups -OCH3 is 1. The molecule has 0 aromatic carbocycles. The first kappa shape index (κ1) is 28.6. The summed E-state index contributed by atoms with van der Waals surface area (Å²) in [5.41, 5.74) is 2.14. The van der Waals surface area contributed by atoms with Crippen LogP contribution in [0.2, 0.25) is 0 Å². The highest BCUT2D eigenvalue weighted by Crippen LogP contribution is 2.41. The van der Waals surface area contributed by atoms with Gasteiger partial charge in [-0.1, -0.05) is 6.07 Å². The quantitative estimate of drug-likeness (QED) is 0.348. The molecule has 0 bridgehead atoms. The standard InChI is InChI=1S/C29H37F3N4O4/c1-39-22-14-23(15-22)40-27-24(13-20(30)16-34-27)25(28(37)38)36-12-9-19(17-36)29(31,32)10-3-2-6-21-8-7-18-5-4-11-33-26(18)35-21/h7-8,13,16,19,22-23,25H,2-6,9-12,14-15,17H2,1H3,(H,33,35)(H,37,38)/t19-,22-,23+,25?/m1/s1. The first-order valence-electron chi connectivity index (χ1n) is 14.2. The number of carboxylic acids is 1. The van der Waals surface area contributed by atoms with Crippen molar-refractivity contribution in [1.82, 2.24) is 14.9 Å². The Morgan fingerprint density at radius 1 is 1.27 bits per heavy atom. The van der Waals surface area contributed by atoms with E-state index in [1.54, 1.807) is 7.11 Å². The summed E-state index contributed by atoms with van der Waals surface area (Å²) in [5.74, 6) is -4.96. The van der Waals surface area contributed by atoms with Crippen molar-refractivity contribution in [1.29, 1.82) is 0 Å². The zero-order valence-corrected chi connectivity index (χ0v) is 22.8. The van der Waals surface area contributed by atoms with Crippen molar-refractivity contribution in [3.05, 3.63) is 47.0 Å². The van der Waals surface area contributed by atoms with E-state index in [1.165, 1.54) is 10.5 Å². The highest BCUT2D eigenvalue weighted by molar-refractivity contribution is 5.76. The minimum atomic E-state index is -2.94. The number of pyridine rings is 2. The molecule has 0 radical (unpaired) electrons. The maximum Gasteiger partial charge on any atom is 0.325 e. The van der Waals surface area contributed by atoms with E-state index < -0.39 is 29.7 Å². The molecule has 2 fully saturated rings. The Kier molecular flexibility index (Phi) is 8.80. The topological polar surface area (TPSA) is 96.8 Å². The van der Waals surface area contributed by atoms with Crippen molar-refractivity contribution in [2.24, 2.45) is 5.92 Å². The number of carbonyl (C=O) groups is 1. The first-order valence-corrected chi connectivity index (χ1v) is 14.2. The predicted octanol–water partition coefficient (Wildman–Crippen LogP) is 5.03. The summed E-state index contributed by atoms with van der Waals surface area (Å²) in [6.45, 7) is 0.956. The molecule has 1 saturated carbocycles. The molecule has 8 nitrogen and oxygen atoms in total. The molecule has 40 heavy (non-hydrogen) atoms. The second-order valence-corrected chi connectivity index (χ2v) is 11.1. The SMILES string of the molecule is CO[C@H]1C[C@@H](Oc2ncc(F)cc2C(C(=O)O)N2CC[C@@H](C(F)(F)CCCCc3ccc4c(n3)NCCC4)C2)C1. The summed E-state index contributed by atoms with van der Waals surface area (Å²) >= 11 is 0. The Bertz CT molecular complexity index is 1190. The monoisotopic (exact) mass is 562 g/mol. The molecule has 3 aliphatic rings. The van der Waals surface area contributed by atoms with Crippen LogP contribution < -0.4 is 10.1 Å². The van der Waals surface area contributed by atoms with Gasteiger partial charge in [0.15, 0.2) is 0 Å². The van der Waals surface area contributed by atoms with Crippen molar-refractivity contribution in [3.63, 3.8) is 0 Å². The second kappa shape index (κ2) is 12.3. The van der Waals surface area contributed by atoms with E-state index in [0.29, 0.717) is 32.1 Å². The predicted molar refractivity (Wildman–Crippen MR) is 142 cm³/mol. The third-order valence-electron chi connectivity index (χ3n) is 8.36.